The Morgan fingerprint density at radius 1 is 0.879 bits per heavy atom. The Morgan fingerprint density at radius 2 is 1.61 bits per heavy atom. The van der Waals surface area contributed by atoms with Gasteiger partial charge in [-0.25, -0.2) is 0 Å². The summed E-state index contributed by atoms with van der Waals surface area (Å²) < 4.78 is 6.40. The molecule has 2 atom stereocenters. The van der Waals surface area contributed by atoms with Gasteiger partial charge >= 0.3 is 0 Å². The van der Waals surface area contributed by atoms with Gasteiger partial charge in [0.05, 0.1) is 0 Å². The SMILES string of the molecule is CC12CC3CC(C)(C1)CC(NCc1c(OCc4ccc(Cl)cc4)ccc4ccccc14)(C3)C2. The molecule has 3 aromatic carbocycles. The van der Waals surface area contributed by atoms with Crippen molar-refractivity contribution in [1.29, 1.82) is 0 Å². The minimum Gasteiger partial charge on any atom is -0.489 e. The van der Waals surface area contributed by atoms with E-state index >= 15 is 0 Å². The number of hydrogen-bond acceptors (Lipinski definition) is 2. The lowest BCUT2D eigenvalue weighted by molar-refractivity contribution is -0.118. The molecule has 0 radical (unpaired) electrons. The highest BCUT2D eigenvalue weighted by atomic mass is 35.5. The summed E-state index contributed by atoms with van der Waals surface area (Å²) in [6.07, 6.45) is 8.23. The summed E-state index contributed by atoms with van der Waals surface area (Å²) in [5, 5.41) is 7.46. The maximum Gasteiger partial charge on any atom is 0.124 e. The molecule has 1 N–H and O–H groups in total. The second-order valence-electron chi connectivity index (χ2n) is 11.9. The van der Waals surface area contributed by atoms with Crippen LogP contribution in [0.2, 0.25) is 5.02 Å². The lowest BCUT2D eigenvalue weighted by atomic mass is 9.43. The van der Waals surface area contributed by atoms with Crippen molar-refractivity contribution >= 4 is 22.4 Å². The molecule has 4 aliphatic carbocycles. The highest BCUT2D eigenvalue weighted by Gasteiger charge is 2.59. The second kappa shape index (κ2) is 7.75. The van der Waals surface area contributed by atoms with Gasteiger partial charge in [-0.1, -0.05) is 67.9 Å². The molecule has 33 heavy (non-hydrogen) atoms. The van der Waals surface area contributed by atoms with Crippen LogP contribution in [0.3, 0.4) is 0 Å². The predicted molar refractivity (Wildman–Crippen MR) is 137 cm³/mol. The van der Waals surface area contributed by atoms with Crippen molar-refractivity contribution in [1.82, 2.24) is 5.32 Å². The average molecular weight is 460 g/mol. The third kappa shape index (κ3) is 4.06. The molecule has 2 unspecified atom stereocenters. The zero-order chi connectivity index (χ0) is 22.7. The fourth-order valence-corrected chi connectivity index (χ4v) is 8.42. The highest BCUT2D eigenvalue weighted by molar-refractivity contribution is 6.30. The van der Waals surface area contributed by atoms with E-state index < -0.39 is 0 Å². The first-order valence-electron chi connectivity index (χ1n) is 12.5. The van der Waals surface area contributed by atoms with Gasteiger partial charge in [0.25, 0.3) is 0 Å². The third-order valence-electron chi connectivity index (χ3n) is 8.57. The molecule has 0 amide bonds. The van der Waals surface area contributed by atoms with Gasteiger partial charge < -0.3 is 10.1 Å². The van der Waals surface area contributed by atoms with E-state index in [0.717, 1.165) is 28.8 Å². The van der Waals surface area contributed by atoms with Crippen LogP contribution in [0, 0.1) is 16.7 Å². The van der Waals surface area contributed by atoms with Crippen LogP contribution in [0.1, 0.15) is 63.5 Å². The van der Waals surface area contributed by atoms with E-state index in [1.54, 1.807) is 0 Å². The van der Waals surface area contributed by atoms with E-state index in [0.29, 0.717) is 17.4 Å². The molecule has 3 heteroatoms. The van der Waals surface area contributed by atoms with Gasteiger partial charge in [0.15, 0.2) is 0 Å². The number of fused-ring (bicyclic) bond motifs is 1. The third-order valence-corrected chi connectivity index (χ3v) is 8.82. The predicted octanol–water partition coefficient (Wildman–Crippen LogP) is 7.91. The van der Waals surface area contributed by atoms with Gasteiger partial charge in [0.1, 0.15) is 12.4 Å². The molecule has 172 valence electrons. The van der Waals surface area contributed by atoms with E-state index in [-0.39, 0.29) is 5.54 Å². The van der Waals surface area contributed by atoms with Crippen LogP contribution in [0.15, 0.2) is 60.7 Å². The standard InChI is InChI=1S/C30H34ClNO/c1-28-13-22-14-29(2,18-28)20-30(15-22,19-28)32-16-26-25-6-4-3-5-23(25)9-12-27(26)33-17-21-7-10-24(31)11-8-21/h3-12,22,32H,13-20H2,1-2H3. The fraction of sp³-hybridized carbons (Fsp3) is 0.467. The lowest BCUT2D eigenvalue weighted by Gasteiger charge is -2.65. The van der Waals surface area contributed by atoms with Crippen molar-refractivity contribution in [2.45, 2.75) is 71.1 Å². The van der Waals surface area contributed by atoms with Crippen molar-refractivity contribution in [3.05, 3.63) is 76.8 Å². The minimum atomic E-state index is 0.271. The minimum absolute atomic E-state index is 0.271. The summed E-state index contributed by atoms with van der Waals surface area (Å²) in [6.45, 7) is 6.50. The first-order chi connectivity index (χ1) is 15.8. The van der Waals surface area contributed by atoms with Crippen molar-refractivity contribution in [3.63, 3.8) is 0 Å². The van der Waals surface area contributed by atoms with Gasteiger partial charge in [-0.2, -0.15) is 0 Å². The van der Waals surface area contributed by atoms with E-state index in [1.165, 1.54) is 54.9 Å². The van der Waals surface area contributed by atoms with Gasteiger partial charge in [-0.15, -0.1) is 0 Å². The van der Waals surface area contributed by atoms with Gasteiger partial charge in [-0.3, -0.25) is 0 Å². The zero-order valence-electron chi connectivity index (χ0n) is 19.8. The van der Waals surface area contributed by atoms with Crippen LogP contribution in [0.25, 0.3) is 10.8 Å². The number of benzene rings is 3. The summed E-state index contributed by atoms with van der Waals surface area (Å²) in [6, 6.07) is 21.0. The number of hydrogen-bond donors (Lipinski definition) is 1. The molecule has 0 saturated heterocycles. The second-order valence-corrected chi connectivity index (χ2v) is 12.4. The highest BCUT2D eigenvalue weighted by Crippen LogP contribution is 2.66. The Bertz CT molecular complexity index is 1170. The molecule has 0 aromatic heterocycles. The van der Waals surface area contributed by atoms with Crippen molar-refractivity contribution < 1.29 is 4.74 Å². The normalized spacial score (nSPS) is 32.4. The summed E-state index contributed by atoms with van der Waals surface area (Å²) in [4.78, 5) is 0. The Labute approximate surface area is 202 Å². The largest absolute Gasteiger partial charge is 0.489 e. The van der Waals surface area contributed by atoms with Crippen LogP contribution in [-0.2, 0) is 13.2 Å². The van der Waals surface area contributed by atoms with Crippen LogP contribution in [0.4, 0.5) is 0 Å². The lowest BCUT2D eigenvalue weighted by Crippen LogP contribution is -2.63. The molecule has 4 aliphatic rings. The summed E-state index contributed by atoms with van der Waals surface area (Å²) in [7, 11) is 0. The van der Waals surface area contributed by atoms with Crippen LogP contribution >= 0.6 is 11.6 Å². The maximum atomic E-state index is 6.40. The summed E-state index contributed by atoms with van der Waals surface area (Å²) in [5.74, 6) is 1.87. The topological polar surface area (TPSA) is 21.3 Å². The van der Waals surface area contributed by atoms with Gasteiger partial charge in [-0.05, 0) is 89.8 Å². The zero-order valence-corrected chi connectivity index (χ0v) is 20.5. The number of rotatable bonds is 6. The molecule has 4 saturated carbocycles. The van der Waals surface area contributed by atoms with Gasteiger partial charge in [0, 0.05) is 22.7 Å². The van der Waals surface area contributed by atoms with E-state index in [4.69, 9.17) is 16.3 Å². The first kappa shape index (κ1) is 21.5. The molecule has 4 bridgehead atoms. The number of ether oxygens (including phenoxy) is 1. The Balaban J connectivity index is 1.29. The molecule has 4 fully saturated rings. The number of nitrogens with one attached hydrogen (secondary N) is 1. The molecule has 0 heterocycles. The monoisotopic (exact) mass is 459 g/mol. The fourth-order valence-electron chi connectivity index (χ4n) is 8.30. The summed E-state index contributed by atoms with van der Waals surface area (Å²) >= 11 is 6.06. The summed E-state index contributed by atoms with van der Waals surface area (Å²) in [5.41, 5.74) is 3.70. The molecule has 0 spiro atoms. The molecule has 0 aliphatic heterocycles. The molecular formula is C30H34ClNO. The quantitative estimate of drug-likeness (QED) is 0.404. The average Bonchev–Trinajstić information content (AvgIpc) is 2.75. The van der Waals surface area contributed by atoms with Crippen LogP contribution in [0.5, 0.6) is 5.75 Å². The van der Waals surface area contributed by atoms with E-state index in [1.807, 2.05) is 24.3 Å². The molecule has 2 nitrogen and oxygen atoms in total. The number of halogens is 1. The Kier molecular flexibility index (Phi) is 5.05. The molecular weight excluding hydrogens is 426 g/mol. The Hall–Kier alpha value is -2.03. The van der Waals surface area contributed by atoms with Crippen LogP contribution < -0.4 is 10.1 Å². The van der Waals surface area contributed by atoms with Crippen LogP contribution in [-0.4, -0.2) is 5.54 Å². The molecule has 7 rings (SSSR count). The van der Waals surface area contributed by atoms with Crippen molar-refractivity contribution in [3.8, 4) is 5.75 Å². The first-order valence-corrected chi connectivity index (χ1v) is 12.8. The van der Waals surface area contributed by atoms with E-state index in [2.05, 4.69) is 55.6 Å². The van der Waals surface area contributed by atoms with E-state index in [9.17, 15) is 0 Å². The Morgan fingerprint density at radius 3 is 2.33 bits per heavy atom. The van der Waals surface area contributed by atoms with Gasteiger partial charge in [0.2, 0.25) is 0 Å². The smallest absolute Gasteiger partial charge is 0.124 e. The molecule has 3 aromatic rings. The van der Waals surface area contributed by atoms with Crippen molar-refractivity contribution in [2.75, 3.05) is 0 Å². The maximum absolute atomic E-state index is 6.40. The van der Waals surface area contributed by atoms with Crippen molar-refractivity contribution in [2.24, 2.45) is 16.7 Å².